The molecule has 0 bridgehead atoms. The number of carbonyl (C=O) groups excluding carboxylic acids is 1. The number of H-pyrrole nitrogens is 1. The highest BCUT2D eigenvalue weighted by molar-refractivity contribution is 6.05. The molecule has 1 aliphatic carbocycles. The van der Waals surface area contributed by atoms with Crippen LogP contribution in [-0.4, -0.2) is 59.4 Å². The molecule has 36 heavy (non-hydrogen) atoms. The van der Waals surface area contributed by atoms with E-state index in [-0.39, 0.29) is 24.6 Å². The molecule has 5 N–H and O–H groups in total. The van der Waals surface area contributed by atoms with Crippen molar-refractivity contribution in [1.29, 1.82) is 5.41 Å². The summed E-state index contributed by atoms with van der Waals surface area (Å²) in [6.07, 6.45) is 7.77. The molecule has 194 valence electrons. The Balaban J connectivity index is 1.62. The van der Waals surface area contributed by atoms with Gasteiger partial charge in [-0.05, 0) is 87.9 Å². The normalized spacial score (nSPS) is 17.3. The standard InChI is InChI=1S/C28H39N5O3/c1-18-13-19(2)31-28(36)25(18)17-30-27(35)23-14-21(20-7-9-33(10-8-20)11-12-34)15-26(24(23)16-29)32-22-5-3-4-6-22/h13-16,20,22,29,32,34H,3-12,17H2,1-2H3,(H,30,35)(H,31,36). The highest BCUT2D eigenvalue weighted by Gasteiger charge is 2.25. The molecule has 4 rings (SSSR count). The number of aryl methyl sites for hydroxylation is 2. The van der Waals surface area contributed by atoms with Crippen LogP contribution in [0, 0.1) is 19.3 Å². The number of aromatic nitrogens is 1. The summed E-state index contributed by atoms with van der Waals surface area (Å²) in [5, 5.41) is 24.0. The fourth-order valence-electron chi connectivity index (χ4n) is 5.66. The van der Waals surface area contributed by atoms with Gasteiger partial charge in [0, 0.05) is 47.9 Å². The largest absolute Gasteiger partial charge is 0.395 e. The van der Waals surface area contributed by atoms with Crippen LogP contribution in [0.5, 0.6) is 0 Å². The molecule has 1 aromatic carbocycles. The summed E-state index contributed by atoms with van der Waals surface area (Å²) in [5.41, 5.74) is 5.02. The lowest BCUT2D eigenvalue weighted by Crippen LogP contribution is -2.35. The molecule has 0 spiro atoms. The third kappa shape index (κ3) is 6.05. The summed E-state index contributed by atoms with van der Waals surface area (Å²) < 4.78 is 0. The first kappa shape index (κ1) is 26.1. The fourth-order valence-corrected chi connectivity index (χ4v) is 5.66. The van der Waals surface area contributed by atoms with Crippen LogP contribution in [0.15, 0.2) is 23.0 Å². The number of β-amino-alcohol motifs (C(OH)–C–C–N with tert-alkyl or cyclic N) is 1. The molecule has 0 radical (unpaired) electrons. The molecule has 8 nitrogen and oxygen atoms in total. The second-order valence-corrected chi connectivity index (χ2v) is 10.3. The fraction of sp³-hybridized carbons (Fsp3) is 0.536. The number of nitrogens with zero attached hydrogens (tertiary/aromatic N) is 1. The third-order valence-corrected chi connectivity index (χ3v) is 7.70. The molecular formula is C28H39N5O3. The molecule has 1 aromatic heterocycles. The average molecular weight is 494 g/mol. The summed E-state index contributed by atoms with van der Waals surface area (Å²) >= 11 is 0. The lowest BCUT2D eigenvalue weighted by Gasteiger charge is -2.32. The number of nitrogens with one attached hydrogen (secondary N) is 4. The van der Waals surface area contributed by atoms with Gasteiger partial charge in [0.05, 0.1) is 12.2 Å². The van der Waals surface area contributed by atoms with Crippen LogP contribution in [0.3, 0.4) is 0 Å². The number of pyridine rings is 1. The van der Waals surface area contributed by atoms with Crippen molar-refractivity contribution in [2.24, 2.45) is 0 Å². The number of anilines is 1. The molecular weight excluding hydrogens is 454 g/mol. The van der Waals surface area contributed by atoms with Gasteiger partial charge in [0.1, 0.15) is 0 Å². The second kappa shape index (κ2) is 11.8. The minimum Gasteiger partial charge on any atom is -0.395 e. The number of amides is 1. The highest BCUT2D eigenvalue weighted by atomic mass is 16.3. The molecule has 1 saturated heterocycles. The number of aliphatic hydroxyl groups is 1. The van der Waals surface area contributed by atoms with Gasteiger partial charge in [-0.15, -0.1) is 0 Å². The number of hydrogen-bond donors (Lipinski definition) is 5. The van der Waals surface area contributed by atoms with Gasteiger partial charge in [0.25, 0.3) is 11.5 Å². The zero-order chi connectivity index (χ0) is 25.7. The van der Waals surface area contributed by atoms with Gasteiger partial charge in [-0.3, -0.25) is 9.59 Å². The van der Waals surface area contributed by atoms with Gasteiger partial charge in [0.15, 0.2) is 0 Å². The molecule has 8 heteroatoms. The van der Waals surface area contributed by atoms with Gasteiger partial charge in [-0.2, -0.15) is 0 Å². The Bertz CT molecular complexity index is 1140. The van der Waals surface area contributed by atoms with E-state index in [0.29, 0.717) is 35.2 Å². The summed E-state index contributed by atoms with van der Waals surface area (Å²) in [6, 6.07) is 6.33. The van der Waals surface area contributed by atoms with Gasteiger partial charge < -0.3 is 31.0 Å². The number of piperidine rings is 1. The molecule has 1 aliphatic heterocycles. The van der Waals surface area contributed by atoms with E-state index in [4.69, 9.17) is 5.41 Å². The first-order valence-corrected chi connectivity index (χ1v) is 13.2. The van der Waals surface area contributed by atoms with Crippen molar-refractivity contribution in [1.82, 2.24) is 15.2 Å². The van der Waals surface area contributed by atoms with Crippen molar-refractivity contribution in [3.63, 3.8) is 0 Å². The second-order valence-electron chi connectivity index (χ2n) is 10.3. The van der Waals surface area contributed by atoms with Crippen LogP contribution in [0.4, 0.5) is 5.69 Å². The van der Waals surface area contributed by atoms with Crippen molar-refractivity contribution in [3.05, 3.63) is 62.1 Å². The molecule has 0 atom stereocenters. The van der Waals surface area contributed by atoms with Gasteiger partial charge >= 0.3 is 0 Å². The molecule has 0 unspecified atom stereocenters. The molecule has 2 heterocycles. The van der Waals surface area contributed by atoms with E-state index in [1.807, 2.05) is 26.0 Å². The Morgan fingerprint density at radius 3 is 2.53 bits per heavy atom. The number of likely N-dealkylation sites (tertiary alicyclic amines) is 1. The monoisotopic (exact) mass is 493 g/mol. The van der Waals surface area contributed by atoms with Crippen LogP contribution in [0.1, 0.15) is 82.7 Å². The highest BCUT2D eigenvalue weighted by Crippen LogP contribution is 2.34. The van der Waals surface area contributed by atoms with Crippen molar-refractivity contribution in [2.45, 2.75) is 70.9 Å². The third-order valence-electron chi connectivity index (χ3n) is 7.70. The van der Waals surface area contributed by atoms with E-state index >= 15 is 0 Å². The maximum atomic E-state index is 13.5. The van der Waals surface area contributed by atoms with Crippen LogP contribution in [0.25, 0.3) is 0 Å². The minimum atomic E-state index is -0.276. The number of rotatable bonds is 9. The number of aromatic amines is 1. The molecule has 2 fully saturated rings. The van der Waals surface area contributed by atoms with Crippen LogP contribution < -0.4 is 16.2 Å². The lowest BCUT2D eigenvalue weighted by atomic mass is 9.86. The van der Waals surface area contributed by atoms with E-state index < -0.39 is 0 Å². The minimum absolute atomic E-state index is 0.132. The molecule has 1 amide bonds. The van der Waals surface area contributed by atoms with Gasteiger partial charge in [-0.25, -0.2) is 0 Å². The summed E-state index contributed by atoms with van der Waals surface area (Å²) in [4.78, 5) is 31.0. The first-order chi connectivity index (χ1) is 17.4. The van der Waals surface area contributed by atoms with E-state index in [1.54, 1.807) is 0 Å². The number of hydrogen-bond acceptors (Lipinski definition) is 6. The smallest absolute Gasteiger partial charge is 0.253 e. The van der Waals surface area contributed by atoms with Crippen molar-refractivity contribution < 1.29 is 9.90 Å². The molecule has 2 aliphatic rings. The predicted molar refractivity (Wildman–Crippen MR) is 143 cm³/mol. The maximum Gasteiger partial charge on any atom is 0.253 e. The van der Waals surface area contributed by atoms with E-state index in [0.717, 1.165) is 61.3 Å². The Morgan fingerprint density at radius 2 is 1.89 bits per heavy atom. The SMILES string of the molecule is Cc1cc(C)c(CNC(=O)c2cc(C3CCN(CCO)CC3)cc(NC3CCCC3)c2C=N)c(=O)[nH]1. The number of benzene rings is 1. The topological polar surface area (TPSA) is 121 Å². The number of aliphatic hydroxyl groups excluding tert-OH is 1. The summed E-state index contributed by atoms with van der Waals surface area (Å²) in [5.74, 6) is 0.0412. The van der Waals surface area contributed by atoms with Gasteiger partial charge in [0.2, 0.25) is 0 Å². The summed E-state index contributed by atoms with van der Waals surface area (Å²) in [6.45, 7) is 6.54. The number of carbonyl (C=O) groups is 1. The van der Waals surface area contributed by atoms with E-state index in [1.165, 1.54) is 19.1 Å². The summed E-state index contributed by atoms with van der Waals surface area (Å²) in [7, 11) is 0. The average Bonchev–Trinajstić information content (AvgIpc) is 3.36. The Kier molecular flexibility index (Phi) is 8.59. The maximum absolute atomic E-state index is 13.5. The Hall–Kier alpha value is -2.97. The van der Waals surface area contributed by atoms with E-state index in [2.05, 4.69) is 26.6 Å². The van der Waals surface area contributed by atoms with Crippen molar-refractivity contribution in [3.8, 4) is 0 Å². The Morgan fingerprint density at radius 1 is 1.17 bits per heavy atom. The Labute approximate surface area is 213 Å². The molecule has 1 saturated carbocycles. The van der Waals surface area contributed by atoms with Crippen LogP contribution in [0.2, 0.25) is 0 Å². The van der Waals surface area contributed by atoms with Crippen molar-refractivity contribution >= 4 is 17.8 Å². The van der Waals surface area contributed by atoms with Crippen molar-refractivity contribution in [2.75, 3.05) is 31.6 Å². The predicted octanol–water partition coefficient (Wildman–Crippen LogP) is 3.45. The van der Waals surface area contributed by atoms with Crippen LogP contribution in [-0.2, 0) is 6.54 Å². The first-order valence-electron chi connectivity index (χ1n) is 13.2. The van der Waals surface area contributed by atoms with Crippen LogP contribution >= 0.6 is 0 Å². The van der Waals surface area contributed by atoms with Gasteiger partial charge in [-0.1, -0.05) is 12.8 Å². The lowest BCUT2D eigenvalue weighted by molar-refractivity contribution is 0.0950. The van der Waals surface area contributed by atoms with E-state index in [9.17, 15) is 14.7 Å². The zero-order valence-corrected chi connectivity index (χ0v) is 21.5. The zero-order valence-electron chi connectivity index (χ0n) is 21.5. The quantitative estimate of drug-likeness (QED) is 0.343. The molecule has 2 aromatic rings.